The maximum atomic E-state index is 14.2. The van der Waals surface area contributed by atoms with Gasteiger partial charge in [-0.3, -0.25) is 4.57 Å². The van der Waals surface area contributed by atoms with Gasteiger partial charge in [0.1, 0.15) is 24.4 Å². The summed E-state index contributed by atoms with van der Waals surface area (Å²) in [6.07, 6.45) is -2.13. The van der Waals surface area contributed by atoms with Crippen LogP contribution in [0, 0.1) is 5.82 Å². The third-order valence-corrected chi connectivity index (χ3v) is 5.62. The molecule has 13 heteroatoms. The average molecular weight is 490 g/mol. The van der Waals surface area contributed by atoms with Gasteiger partial charge in [-0.05, 0) is 18.2 Å². The second-order valence-corrected chi connectivity index (χ2v) is 9.36. The first kappa shape index (κ1) is 22.6. The first-order valence-electron chi connectivity index (χ1n) is 10.4. The van der Waals surface area contributed by atoms with Crippen molar-refractivity contribution in [2.24, 2.45) is 0 Å². The van der Waals surface area contributed by atoms with E-state index in [1.54, 1.807) is 0 Å². The van der Waals surface area contributed by atoms with Crippen molar-refractivity contribution in [1.82, 2.24) is 29.7 Å². The Labute approximate surface area is 197 Å². The summed E-state index contributed by atoms with van der Waals surface area (Å²) in [4.78, 5) is 12.7. The molecule has 0 aliphatic carbocycles. The predicted octanol–water partition coefficient (Wildman–Crippen LogP) is 3.03. The molecule has 178 valence electrons. The van der Waals surface area contributed by atoms with E-state index in [4.69, 9.17) is 20.8 Å². The van der Waals surface area contributed by atoms with E-state index in [-0.39, 0.29) is 22.4 Å². The molecule has 1 aliphatic heterocycles. The molecule has 0 bridgehead atoms. The largest absolute Gasteiger partial charge is 0.422 e. The number of rotatable bonds is 4. The monoisotopic (exact) mass is 489 g/mol. The third kappa shape index (κ3) is 3.88. The van der Waals surface area contributed by atoms with Crippen LogP contribution in [0.15, 0.2) is 35.3 Å². The molecule has 0 unspecified atom stereocenters. The number of benzene rings is 1. The standard InChI is InChI=1S/C21H21ClFN7O4/c1-21(2,3)20-29-28-18(34-20)15-13(31)14(32)19(33-15)30-8-26-12-16(24-7-25-17(12)30)27-11-5-4-9(22)6-10(11)23/h4-8,13-15,19,31-32H,1-3H3,(H,24,25,27)/t13-,14+,15-,19+/m0/s1. The Hall–Kier alpha value is -3.19. The zero-order valence-corrected chi connectivity index (χ0v) is 19.1. The number of aliphatic hydroxyl groups is 2. The predicted molar refractivity (Wildman–Crippen MR) is 118 cm³/mol. The first-order chi connectivity index (χ1) is 16.1. The van der Waals surface area contributed by atoms with Crippen molar-refractivity contribution in [2.75, 3.05) is 5.32 Å². The zero-order valence-electron chi connectivity index (χ0n) is 18.3. The number of hydrogen-bond acceptors (Lipinski definition) is 10. The van der Waals surface area contributed by atoms with Gasteiger partial charge in [-0.2, -0.15) is 0 Å². The highest BCUT2D eigenvalue weighted by Gasteiger charge is 2.48. The van der Waals surface area contributed by atoms with E-state index in [2.05, 4.69) is 30.5 Å². The molecule has 4 atom stereocenters. The number of fused-ring (bicyclic) bond motifs is 1. The van der Waals surface area contributed by atoms with E-state index in [1.807, 2.05) is 20.8 Å². The number of anilines is 2. The quantitative estimate of drug-likeness (QED) is 0.391. The summed E-state index contributed by atoms with van der Waals surface area (Å²) < 4.78 is 27.3. The van der Waals surface area contributed by atoms with Gasteiger partial charge < -0.3 is 24.7 Å². The Morgan fingerprint density at radius 3 is 2.62 bits per heavy atom. The van der Waals surface area contributed by atoms with Crippen molar-refractivity contribution in [3.05, 3.63) is 53.5 Å². The van der Waals surface area contributed by atoms with Crippen LogP contribution in [-0.4, -0.2) is 52.1 Å². The van der Waals surface area contributed by atoms with Gasteiger partial charge in [0.15, 0.2) is 29.3 Å². The number of aromatic nitrogens is 6. The van der Waals surface area contributed by atoms with Crippen LogP contribution in [-0.2, 0) is 10.2 Å². The molecule has 4 aromatic rings. The molecule has 1 aliphatic rings. The van der Waals surface area contributed by atoms with Crippen LogP contribution in [0.2, 0.25) is 5.02 Å². The molecule has 1 fully saturated rings. The summed E-state index contributed by atoms with van der Waals surface area (Å²) in [5.74, 6) is 0.107. The summed E-state index contributed by atoms with van der Waals surface area (Å²) in [5, 5.41) is 32.5. The summed E-state index contributed by atoms with van der Waals surface area (Å²) in [5.41, 5.74) is 0.359. The van der Waals surface area contributed by atoms with Crippen molar-refractivity contribution < 1.29 is 23.8 Å². The van der Waals surface area contributed by atoms with E-state index in [0.717, 1.165) is 0 Å². The molecule has 11 nitrogen and oxygen atoms in total. The molecular weight excluding hydrogens is 469 g/mol. The topological polar surface area (TPSA) is 144 Å². The Bertz CT molecular complexity index is 1350. The molecule has 0 saturated carbocycles. The third-order valence-electron chi connectivity index (χ3n) is 5.38. The molecule has 3 N–H and O–H groups in total. The van der Waals surface area contributed by atoms with Crippen LogP contribution in [0.4, 0.5) is 15.9 Å². The average Bonchev–Trinajstić information content (AvgIpc) is 3.49. The minimum atomic E-state index is -1.34. The van der Waals surface area contributed by atoms with E-state index in [0.29, 0.717) is 17.1 Å². The fourth-order valence-corrected chi connectivity index (χ4v) is 3.75. The lowest BCUT2D eigenvalue weighted by molar-refractivity contribution is -0.0441. The number of imidazole rings is 1. The van der Waals surface area contributed by atoms with Crippen LogP contribution in [0.3, 0.4) is 0 Å². The fourth-order valence-electron chi connectivity index (χ4n) is 3.59. The molecular formula is C21H21ClFN7O4. The van der Waals surface area contributed by atoms with Gasteiger partial charge in [0.2, 0.25) is 11.8 Å². The molecule has 3 aromatic heterocycles. The second-order valence-electron chi connectivity index (χ2n) is 8.92. The molecule has 0 spiro atoms. The lowest BCUT2D eigenvalue weighted by Crippen LogP contribution is -2.29. The maximum Gasteiger partial charge on any atom is 0.248 e. The van der Waals surface area contributed by atoms with Gasteiger partial charge in [0.25, 0.3) is 0 Å². The number of hydrogen-bond donors (Lipinski definition) is 3. The molecule has 0 radical (unpaired) electrons. The Kier molecular flexibility index (Phi) is 5.47. The minimum Gasteiger partial charge on any atom is -0.422 e. The van der Waals surface area contributed by atoms with Crippen molar-refractivity contribution >= 4 is 34.3 Å². The number of aliphatic hydroxyl groups excluding tert-OH is 2. The fraction of sp³-hybridized carbons (Fsp3) is 0.381. The lowest BCUT2D eigenvalue weighted by atomic mass is 9.97. The number of ether oxygens (including phenoxy) is 1. The van der Waals surface area contributed by atoms with E-state index >= 15 is 0 Å². The van der Waals surface area contributed by atoms with Gasteiger partial charge in [-0.1, -0.05) is 32.4 Å². The van der Waals surface area contributed by atoms with E-state index < -0.39 is 35.8 Å². The number of nitrogens with zero attached hydrogens (tertiary/aromatic N) is 6. The van der Waals surface area contributed by atoms with Gasteiger partial charge in [0.05, 0.1) is 12.0 Å². The summed E-state index contributed by atoms with van der Waals surface area (Å²) >= 11 is 5.81. The zero-order chi connectivity index (χ0) is 24.2. The van der Waals surface area contributed by atoms with E-state index in [1.165, 1.54) is 35.4 Å². The van der Waals surface area contributed by atoms with Crippen LogP contribution in [0.5, 0.6) is 0 Å². The highest BCUT2D eigenvalue weighted by atomic mass is 35.5. The number of halogens is 2. The maximum absolute atomic E-state index is 14.2. The highest BCUT2D eigenvalue weighted by Crippen LogP contribution is 2.40. The Morgan fingerprint density at radius 1 is 1.12 bits per heavy atom. The van der Waals surface area contributed by atoms with Crippen molar-refractivity contribution in [2.45, 2.75) is 50.7 Å². The normalized spacial score (nSPS) is 23.0. The SMILES string of the molecule is CC(C)(C)c1nnc([C@H]2O[C@@H](n3cnc4c(Nc5ccc(Cl)cc5F)ncnc43)[C@H](O)[C@@H]2O)o1. The Balaban J connectivity index is 1.45. The van der Waals surface area contributed by atoms with Gasteiger partial charge in [-0.15, -0.1) is 10.2 Å². The summed E-state index contributed by atoms with van der Waals surface area (Å²) in [7, 11) is 0. The summed E-state index contributed by atoms with van der Waals surface area (Å²) in [6, 6.07) is 4.19. The highest BCUT2D eigenvalue weighted by molar-refractivity contribution is 6.30. The van der Waals surface area contributed by atoms with Crippen molar-refractivity contribution in [3.63, 3.8) is 0 Å². The van der Waals surface area contributed by atoms with Crippen LogP contribution in [0.25, 0.3) is 11.2 Å². The summed E-state index contributed by atoms with van der Waals surface area (Å²) in [6.45, 7) is 5.73. The molecule has 0 amide bonds. The minimum absolute atomic E-state index is 0.0543. The second kappa shape index (κ2) is 8.24. The molecule has 5 rings (SSSR count). The van der Waals surface area contributed by atoms with Gasteiger partial charge in [0, 0.05) is 10.4 Å². The van der Waals surface area contributed by atoms with Crippen LogP contribution >= 0.6 is 11.6 Å². The smallest absolute Gasteiger partial charge is 0.248 e. The molecule has 1 saturated heterocycles. The number of nitrogens with one attached hydrogen (secondary N) is 1. The van der Waals surface area contributed by atoms with Crippen molar-refractivity contribution in [3.8, 4) is 0 Å². The van der Waals surface area contributed by atoms with Crippen molar-refractivity contribution in [1.29, 1.82) is 0 Å². The molecule has 4 heterocycles. The molecule has 1 aromatic carbocycles. The van der Waals surface area contributed by atoms with E-state index in [9.17, 15) is 14.6 Å². The van der Waals surface area contributed by atoms with Crippen LogP contribution < -0.4 is 5.32 Å². The Morgan fingerprint density at radius 2 is 1.91 bits per heavy atom. The lowest BCUT2D eigenvalue weighted by Gasteiger charge is -2.16. The van der Waals surface area contributed by atoms with Gasteiger partial charge >= 0.3 is 0 Å². The van der Waals surface area contributed by atoms with Gasteiger partial charge in [-0.25, -0.2) is 19.3 Å². The first-order valence-corrected chi connectivity index (χ1v) is 10.8. The van der Waals surface area contributed by atoms with Crippen LogP contribution in [0.1, 0.15) is 44.9 Å². The molecule has 34 heavy (non-hydrogen) atoms.